The van der Waals surface area contributed by atoms with Crippen LogP contribution in [0.15, 0.2) is 90.7 Å². The molecule has 172 valence electrons. The summed E-state index contributed by atoms with van der Waals surface area (Å²) in [6.45, 7) is 1.81. The molecule has 0 heterocycles. The summed E-state index contributed by atoms with van der Waals surface area (Å²) < 4.78 is 10.6. The summed E-state index contributed by atoms with van der Waals surface area (Å²) in [5.74, 6) is -0.630. The summed E-state index contributed by atoms with van der Waals surface area (Å²) in [6, 6.07) is 24.9. The van der Waals surface area contributed by atoms with Gasteiger partial charge in [0, 0.05) is 24.1 Å². The first-order valence-corrected chi connectivity index (χ1v) is 11.1. The predicted octanol–water partition coefficient (Wildman–Crippen LogP) is 5.25. The van der Waals surface area contributed by atoms with Gasteiger partial charge in [0.25, 0.3) is 0 Å². The molecule has 0 aromatic heterocycles. The van der Waals surface area contributed by atoms with E-state index in [1.165, 1.54) is 13.0 Å². The van der Waals surface area contributed by atoms with Crippen molar-refractivity contribution in [2.45, 2.75) is 19.3 Å². The molecule has 1 N–H and O–H groups in total. The normalized spacial score (nSPS) is 12.4. The molecule has 0 bridgehead atoms. The van der Waals surface area contributed by atoms with E-state index < -0.39 is 12.1 Å². The van der Waals surface area contributed by atoms with Crippen molar-refractivity contribution < 1.29 is 23.9 Å². The second-order valence-corrected chi connectivity index (χ2v) is 7.96. The van der Waals surface area contributed by atoms with E-state index >= 15 is 0 Å². The lowest BCUT2D eigenvalue weighted by Gasteiger charge is -2.14. The number of rotatable bonds is 8. The van der Waals surface area contributed by atoms with Gasteiger partial charge in [-0.15, -0.1) is 0 Å². The van der Waals surface area contributed by atoms with Gasteiger partial charge in [-0.3, -0.25) is 9.59 Å². The van der Waals surface area contributed by atoms with Crippen LogP contribution in [0, 0.1) is 0 Å². The standard InChI is InChI=1S/C28H25NO5/c1-19(17-26(30)20-9-3-2-4-10-20)34-27(31)15-16-29-28(32)33-18-25-23-13-7-5-11-21(23)22-12-6-8-14-24(22)25/h2-14,17,25H,15-16,18H2,1H3,(H,29,32)/b19-17+. The number of ether oxygens (including phenoxy) is 2. The molecule has 6 heteroatoms. The zero-order valence-electron chi connectivity index (χ0n) is 18.8. The van der Waals surface area contributed by atoms with Crippen molar-refractivity contribution in [1.82, 2.24) is 5.32 Å². The Balaban J connectivity index is 1.22. The number of amides is 1. The highest BCUT2D eigenvalue weighted by molar-refractivity contribution is 6.04. The SMILES string of the molecule is C/C(=C\C(=O)c1ccccc1)OC(=O)CCNC(=O)OCC1c2ccccc2-c2ccccc21. The zero-order chi connectivity index (χ0) is 23.9. The number of allylic oxidation sites excluding steroid dienone is 2. The topological polar surface area (TPSA) is 81.7 Å². The van der Waals surface area contributed by atoms with E-state index in [0.717, 1.165) is 22.3 Å². The molecule has 0 aliphatic heterocycles. The number of carbonyl (C=O) groups is 3. The van der Waals surface area contributed by atoms with Gasteiger partial charge in [-0.05, 0) is 29.2 Å². The van der Waals surface area contributed by atoms with Crippen LogP contribution in [0.5, 0.6) is 0 Å². The van der Waals surface area contributed by atoms with Gasteiger partial charge in [-0.2, -0.15) is 0 Å². The van der Waals surface area contributed by atoms with Crippen LogP contribution >= 0.6 is 0 Å². The molecule has 0 atom stereocenters. The molecule has 4 rings (SSSR count). The molecule has 0 spiro atoms. The molecule has 0 radical (unpaired) electrons. The zero-order valence-corrected chi connectivity index (χ0v) is 18.8. The summed E-state index contributed by atoms with van der Waals surface area (Å²) in [6.07, 6.45) is 0.627. The molecule has 0 unspecified atom stereocenters. The van der Waals surface area contributed by atoms with Gasteiger partial charge in [0.15, 0.2) is 5.78 Å². The summed E-state index contributed by atoms with van der Waals surface area (Å²) in [7, 11) is 0. The minimum absolute atomic E-state index is 0.0296. The van der Waals surface area contributed by atoms with Crippen LogP contribution in [0.1, 0.15) is 40.7 Å². The van der Waals surface area contributed by atoms with E-state index in [0.29, 0.717) is 5.56 Å². The first kappa shape index (κ1) is 23.0. The van der Waals surface area contributed by atoms with Crippen molar-refractivity contribution in [1.29, 1.82) is 0 Å². The van der Waals surface area contributed by atoms with Crippen LogP contribution in [-0.2, 0) is 14.3 Å². The van der Waals surface area contributed by atoms with Crippen molar-refractivity contribution in [2.24, 2.45) is 0 Å². The third-order valence-corrected chi connectivity index (χ3v) is 5.61. The summed E-state index contributed by atoms with van der Waals surface area (Å²) >= 11 is 0. The van der Waals surface area contributed by atoms with Gasteiger partial charge in [-0.25, -0.2) is 4.79 Å². The number of nitrogens with one attached hydrogen (secondary N) is 1. The Hall–Kier alpha value is -4.19. The summed E-state index contributed by atoms with van der Waals surface area (Å²) in [4.78, 5) is 36.4. The minimum Gasteiger partial charge on any atom is -0.449 e. The van der Waals surface area contributed by atoms with Gasteiger partial charge in [0.1, 0.15) is 12.4 Å². The number of hydrogen-bond acceptors (Lipinski definition) is 5. The molecule has 6 nitrogen and oxygen atoms in total. The smallest absolute Gasteiger partial charge is 0.407 e. The molecular formula is C28H25NO5. The third-order valence-electron chi connectivity index (χ3n) is 5.61. The lowest BCUT2D eigenvalue weighted by molar-refractivity contribution is -0.139. The highest BCUT2D eigenvalue weighted by Gasteiger charge is 2.28. The molecule has 1 amide bonds. The molecule has 0 fully saturated rings. The third kappa shape index (κ3) is 5.41. The molecule has 34 heavy (non-hydrogen) atoms. The van der Waals surface area contributed by atoms with Crippen molar-refractivity contribution in [3.8, 4) is 11.1 Å². The molecule has 1 aliphatic carbocycles. The quantitative estimate of drug-likeness (QED) is 0.217. The highest BCUT2D eigenvalue weighted by atomic mass is 16.5. The molecular weight excluding hydrogens is 430 g/mol. The Bertz CT molecular complexity index is 1190. The van der Waals surface area contributed by atoms with Crippen LogP contribution in [0.25, 0.3) is 11.1 Å². The molecule has 3 aromatic rings. The minimum atomic E-state index is -0.596. The maximum absolute atomic E-state index is 12.2. The van der Waals surface area contributed by atoms with E-state index in [2.05, 4.69) is 29.6 Å². The predicted molar refractivity (Wildman–Crippen MR) is 128 cm³/mol. The Morgan fingerprint density at radius 1 is 0.853 bits per heavy atom. The first-order chi connectivity index (χ1) is 16.5. The molecule has 0 saturated heterocycles. The van der Waals surface area contributed by atoms with Crippen molar-refractivity contribution in [3.63, 3.8) is 0 Å². The fourth-order valence-corrected chi connectivity index (χ4v) is 4.05. The Morgan fingerprint density at radius 2 is 1.44 bits per heavy atom. The maximum atomic E-state index is 12.2. The Kier molecular flexibility index (Phi) is 7.18. The van der Waals surface area contributed by atoms with Gasteiger partial charge >= 0.3 is 12.1 Å². The molecule has 3 aromatic carbocycles. The van der Waals surface area contributed by atoms with Crippen LogP contribution in [-0.4, -0.2) is 31.0 Å². The van der Waals surface area contributed by atoms with Gasteiger partial charge in [0.2, 0.25) is 0 Å². The number of benzene rings is 3. The van der Waals surface area contributed by atoms with E-state index in [9.17, 15) is 14.4 Å². The van der Waals surface area contributed by atoms with Crippen molar-refractivity contribution >= 4 is 17.8 Å². The van der Waals surface area contributed by atoms with Gasteiger partial charge in [0.05, 0.1) is 6.42 Å². The lowest BCUT2D eigenvalue weighted by Crippen LogP contribution is -2.28. The number of ketones is 1. The number of esters is 1. The number of carbonyl (C=O) groups excluding carboxylic acids is 3. The van der Waals surface area contributed by atoms with E-state index in [4.69, 9.17) is 9.47 Å². The second-order valence-electron chi connectivity index (χ2n) is 7.96. The van der Waals surface area contributed by atoms with Crippen molar-refractivity contribution in [3.05, 3.63) is 107 Å². The summed E-state index contributed by atoms with van der Waals surface area (Å²) in [5, 5.41) is 2.58. The van der Waals surface area contributed by atoms with Crippen LogP contribution < -0.4 is 5.32 Å². The van der Waals surface area contributed by atoms with Crippen LogP contribution in [0.3, 0.4) is 0 Å². The van der Waals surface area contributed by atoms with E-state index in [1.807, 2.05) is 30.3 Å². The monoisotopic (exact) mass is 455 g/mol. The van der Waals surface area contributed by atoms with Gasteiger partial charge < -0.3 is 14.8 Å². The Labute approximate surface area is 198 Å². The first-order valence-electron chi connectivity index (χ1n) is 11.1. The number of hydrogen-bond donors (Lipinski definition) is 1. The molecule has 1 aliphatic rings. The highest BCUT2D eigenvalue weighted by Crippen LogP contribution is 2.44. The second kappa shape index (κ2) is 10.6. The van der Waals surface area contributed by atoms with Crippen LogP contribution in [0.4, 0.5) is 4.79 Å². The van der Waals surface area contributed by atoms with Gasteiger partial charge in [-0.1, -0.05) is 78.9 Å². The molecule has 0 saturated carbocycles. The fraction of sp³-hybridized carbons (Fsp3) is 0.179. The fourth-order valence-electron chi connectivity index (χ4n) is 4.05. The van der Waals surface area contributed by atoms with Crippen LogP contribution in [0.2, 0.25) is 0 Å². The largest absolute Gasteiger partial charge is 0.449 e. The maximum Gasteiger partial charge on any atom is 0.407 e. The van der Waals surface area contributed by atoms with E-state index in [-0.39, 0.29) is 37.0 Å². The average Bonchev–Trinajstić information content (AvgIpc) is 3.17. The lowest BCUT2D eigenvalue weighted by atomic mass is 9.98. The average molecular weight is 456 g/mol. The van der Waals surface area contributed by atoms with Crippen molar-refractivity contribution in [2.75, 3.05) is 13.2 Å². The van der Waals surface area contributed by atoms with E-state index in [1.54, 1.807) is 24.3 Å². The summed E-state index contributed by atoms with van der Waals surface area (Å²) in [5.41, 5.74) is 5.09. The number of alkyl carbamates (subject to hydrolysis) is 1. The number of fused-ring (bicyclic) bond motifs is 3. The Morgan fingerprint density at radius 3 is 2.09 bits per heavy atom.